The van der Waals surface area contributed by atoms with E-state index in [0.29, 0.717) is 12.1 Å². The lowest BCUT2D eigenvalue weighted by molar-refractivity contribution is 0.304. The highest BCUT2D eigenvalue weighted by Gasteiger charge is 2.19. The molecule has 3 N–H and O–H groups in total. The molecule has 2 unspecified atom stereocenters. The molecule has 2 heteroatoms. The molecule has 0 saturated carbocycles. The molecule has 10 heavy (non-hydrogen) atoms. The van der Waals surface area contributed by atoms with Crippen LogP contribution in [0.5, 0.6) is 0 Å². The molecule has 0 aromatic rings. The summed E-state index contributed by atoms with van der Waals surface area (Å²) in [4.78, 5) is 0. The van der Waals surface area contributed by atoms with Gasteiger partial charge in [0.1, 0.15) is 0 Å². The summed E-state index contributed by atoms with van der Waals surface area (Å²) < 4.78 is 0. The largest absolute Gasteiger partial charge is 0.327 e. The van der Waals surface area contributed by atoms with Crippen LogP contribution in [0.4, 0.5) is 0 Å². The van der Waals surface area contributed by atoms with Crippen molar-refractivity contribution in [3.8, 4) is 0 Å². The second-order valence-electron chi connectivity index (χ2n) is 3.60. The standard InChI is InChI=1S/C8H18N2/c1-6(2)8-4-3-7(9)5-10-8/h6-8,10H,3-5,9H2,1-2H3. The van der Waals surface area contributed by atoms with Crippen molar-refractivity contribution in [1.29, 1.82) is 0 Å². The summed E-state index contributed by atoms with van der Waals surface area (Å²) in [6, 6.07) is 1.11. The third kappa shape index (κ3) is 1.96. The maximum absolute atomic E-state index is 5.73. The fourth-order valence-corrected chi connectivity index (χ4v) is 1.47. The van der Waals surface area contributed by atoms with Crippen molar-refractivity contribution < 1.29 is 0 Å². The van der Waals surface area contributed by atoms with Gasteiger partial charge in [0.05, 0.1) is 0 Å². The fourth-order valence-electron chi connectivity index (χ4n) is 1.47. The van der Waals surface area contributed by atoms with Gasteiger partial charge in [0.15, 0.2) is 0 Å². The lowest BCUT2D eigenvalue weighted by Crippen LogP contribution is -2.47. The Morgan fingerprint density at radius 1 is 1.40 bits per heavy atom. The SMILES string of the molecule is CC(C)C1CCC(N)CN1. The average molecular weight is 142 g/mol. The van der Waals surface area contributed by atoms with Gasteiger partial charge in [0.25, 0.3) is 0 Å². The Morgan fingerprint density at radius 3 is 2.50 bits per heavy atom. The van der Waals surface area contributed by atoms with E-state index in [0.717, 1.165) is 12.5 Å². The summed E-state index contributed by atoms with van der Waals surface area (Å²) in [6.07, 6.45) is 2.44. The second-order valence-corrected chi connectivity index (χ2v) is 3.60. The molecular weight excluding hydrogens is 124 g/mol. The first-order chi connectivity index (χ1) is 4.70. The minimum atomic E-state index is 0.398. The molecule has 0 aliphatic carbocycles. The van der Waals surface area contributed by atoms with Crippen LogP contribution in [0.1, 0.15) is 26.7 Å². The molecule has 1 aliphatic rings. The van der Waals surface area contributed by atoms with E-state index in [9.17, 15) is 0 Å². The first-order valence-corrected chi connectivity index (χ1v) is 4.19. The number of hydrogen-bond acceptors (Lipinski definition) is 2. The minimum absolute atomic E-state index is 0.398. The molecule has 1 aliphatic heterocycles. The van der Waals surface area contributed by atoms with Gasteiger partial charge in [-0.1, -0.05) is 13.8 Å². The van der Waals surface area contributed by atoms with Crippen molar-refractivity contribution in [2.45, 2.75) is 38.8 Å². The van der Waals surface area contributed by atoms with E-state index < -0.39 is 0 Å². The summed E-state index contributed by atoms with van der Waals surface area (Å²) >= 11 is 0. The highest BCUT2D eigenvalue weighted by Crippen LogP contribution is 2.13. The molecule has 1 saturated heterocycles. The summed E-state index contributed by atoms with van der Waals surface area (Å²) in [7, 11) is 0. The third-order valence-corrected chi connectivity index (χ3v) is 2.30. The van der Waals surface area contributed by atoms with Crippen LogP contribution in [0.2, 0.25) is 0 Å². The van der Waals surface area contributed by atoms with Gasteiger partial charge in [0, 0.05) is 18.6 Å². The molecule has 2 atom stereocenters. The van der Waals surface area contributed by atoms with E-state index in [1.54, 1.807) is 0 Å². The molecular formula is C8H18N2. The zero-order chi connectivity index (χ0) is 7.56. The van der Waals surface area contributed by atoms with Crippen molar-refractivity contribution >= 4 is 0 Å². The van der Waals surface area contributed by atoms with Crippen molar-refractivity contribution in [2.24, 2.45) is 11.7 Å². The first-order valence-electron chi connectivity index (χ1n) is 4.19. The molecule has 0 aromatic heterocycles. The molecule has 1 fully saturated rings. The molecule has 1 heterocycles. The van der Waals surface area contributed by atoms with Gasteiger partial charge in [-0.2, -0.15) is 0 Å². The molecule has 60 valence electrons. The fraction of sp³-hybridized carbons (Fsp3) is 1.00. The molecule has 1 rings (SSSR count). The van der Waals surface area contributed by atoms with Crippen molar-refractivity contribution in [3.63, 3.8) is 0 Å². The van der Waals surface area contributed by atoms with E-state index in [1.807, 2.05) is 0 Å². The Kier molecular flexibility index (Phi) is 2.69. The Labute approximate surface area is 63.2 Å². The number of piperidine rings is 1. The highest BCUT2D eigenvalue weighted by molar-refractivity contribution is 4.81. The van der Waals surface area contributed by atoms with Crippen LogP contribution in [0.3, 0.4) is 0 Å². The Balaban J connectivity index is 2.26. The maximum Gasteiger partial charge on any atom is 0.0165 e. The summed E-state index contributed by atoms with van der Waals surface area (Å²) in [5.74, 6) is 0.757. The van der Waals surface area contributed by atoms with Crippen LogP contribution in [0, 0.1) is 5.92 Å². The van der Waals surface area contributed by atoms with Crippen LogP contribution >= 0.6 is 0 Å². The Hall–Kier alpha value is -0.0800. The summed E-state index contributed by atoms with van der Waals surface area (Å²) in [5, 5.41) is 3.44. The van der Waals surface area contributed by atoms with Crippen molar-refractivity contribution in [2.75, 3.05) is 6.54 Å². The highest BCUT2D eigenvalue weighted by atomic mass is 15.0. The van der Waals surface area contributed by atoms with Crippen molar-refractivity contribution in [1.82, 2.24) is 5.32 Å². The van der Waals surface area contributed by atoms with Gasteiger partial charge in [-0.25, -0.2) is 0 Å². The second kappa shape index (κ2) is 3.35. The monoisotopic (exact) mass is 142 g/mol. The zero-order valence-corrected chi connectivity index (χ0v) is 6.93. The van der Waals surface area contributed by atoms with E-state index in [4.69, 9.17) is 5.73 Å². The lowest BCUT2D eigenvalue weighted by Gasteiger charge is -2.30. The maximum atomic E-state index is 5.73. The number of nitrogens with two attached hydrogens (primary N) is 1. The molecule has 2 nitrogen and oxygen atoms in total. The number of hydrogen-bond donors (Lipinski definition) is 2. The van der Waals surface area contributed by atoms with E-state index in [-0.39, 0.29) is 0 Å². The smallest absolute Gasteiger partial charge is 0.0165 e. The van der Waals surface area contributed by atoms with Gasteiger partial charge < -0.3 is 11.1 Å². The molecule has 0 spiro atoms. The average Bonchev–Trinajstić information content (AvgIpc) is 1.88. The van der Waals surface area contributed by atoms with Crippen LogP contribution < -0.4 is 11.1 Å². The van der Waals surface area contributed by atoms with Gasteiger partial charge in [-0.15, -0.1) is 0 Å². The Morgan fingerprint density at radius 2 is 2.10 bits per heavy atom. The van der Waals surface area contributed by atoms with E-state index in [1.165, 1.54) is 12.8 Å². The zero-order valence-electron chi connectivity index (χ0n) is 6.93. The topological polar surface area (TPSA) is 38.0 Å². The third-order valence-electron chi connectivity index (χ3n) is 2.30. The first kappa shape index (κ1) is 8.02. The quantitative estimate of drug-likeness (QED) is 0.566. The van der Waals surface area contributed by atoms with Crippen LogP contribution in [-0.4, -0.2) is 18.6 Å². The summed E-state index contributed by atoms with van der Waals surface area (Å²) in [6.45, 7) is 5.52. The van der Waals surface area contributed by atoms with Gasteiger partial charge in [-0.3, -0.25) is 0 Å². The van der Waals surface area contributed by atoms with Crippen molar-refractivity contribution in [3.05, 3.63) is 0 Å². The normalized spacial score (nSPS) is 34.8. The lowest BCUT2D eigenvalue weighted by atomic mass is 9.93. The predicted octanol–water partition coefficient (Wildman–Crippen LogP) is 0.722. The molecule has 0 radical (unpaired) electrons. The van der Waals surface area contributed by atoms with Crippen LogP contribution in [0.25, 0.3) is 0 Å². The number of rotatable bonds is 1. The molecule has 0 bridgehead atoms. The summed E-state index contributed by atoms with van der Waals surface area (Å²) in [5.41, 5.74) is 5.73. The number of nitrogens with one attached hydrogen (secondary N) is 1. The molecule has 0 amide bonds. The van der Waals surface area contributed by atoms with Gasteiger partial charge in [-0.05, 0) is 18.8 Å². The van der Waals surface area contributed by atoms with E-state index >= 15 is 0 Å². The molecule has 0 aromatic carbocycles. The van der Waals surface area contributed by atoms with Gasteiger partial charge >= 0.3 is 0 Å². The van der Waals surface area contributed by atoms with Crippen LogP contribution in [-0.2, 0) is 0 Å². The minimum Gasteiger partial charge on any atom is -0.327 e. The Bertz CT molecular complexity index is 93.4. The van der Waals surface area contributed by atoms with Crippen LogP contribution in [0.15, 0.2) is 0 Å². The van der Waals surface area contributed by atoms with Gasteiger partial charge in [0.2, 0.25) is 0 Å². The van der Waals surface area contributed by atoms with E-state index in [2.05, 4.69) is 19.2 Å². The predicted molar refractivity (Wildman–Crippen MR) is 43.8 cm³/mol.